The van der Waals surface area contributed by atoms with E-state index in [4.69, 9.17) is 0 Å². The van der Waals surface area contributed by atoms with Crippen molar-refractivity contribution in [2.75, 3.05) is 0 Å². The molecule has 0 amide bonds. The van der Waals surface area contributed by atoms with Crippen molar-refractivity contribution in [1.29, 1.82) is 0 Å². The van der Waals surface area contributed by atoms with Crippen LogP contribution in [0.15, 0.2) is 24.3 Å². The predicted octanol–water partition coefficient (Wildman–Crippen LogP) is 4.51. The van der Waals surface area contributed by atoms with Crippen LogP contribution in [-0.4, -0.2) is 0 Å². The van der Waals surface area contributed by atoms with Crippen molar-refractivity contribution in [3.05, 3.63) is 35.4 Å². The molecule has 15 heavy (non-hydrogen) atoms. The molecule has 0 aliphatic heterocycles. The molecule has 0 radical (unpaired) electrons. The third-order valence-electron chi connectivity index (χ3n) is 3.62. The second-order valence-corrected chi connectivity index (χ2v) is 5.05. The van der Waals surface area contributed by atoms with E-state index in [0.29, 0.717) is 0 Å². The molecule has 0 atom stereocenters. The number of hydrogen-bond acceptors (Lipinski definition) is 0. The summed E-state index contributed by atoms with van der Waals surface area (Å²) in [5.41, 5.74) is 2.91. The first-order valence-electron chi connectivity index (χ1n) is 6.40. The van der Waals surface area contributed by atoms with Crippen molar-refractivity contribution in [3.8, 4) is 0 Å². The highest BCUT2D eigenvalue weighted by atomic mass is 14.2. The quantitative estimate of drug-likeness (QED) is 0.619. The van der Waals surface area contributed by atoms with Crippen molar-refractivity contribution < 1.29 is 0 Å². The molecule has 82 valence electrons. The minimum absolute atomic E-state index is 0.954. The maximum absolute atomic E-state index is 2.31. The summed E-state index contributed by atoms with van der Waals surface area (Å²) >= 11 is 0. The van der Waals surface area contributed by atoms with E-state index in [9.17, 15) is 0 Å². The van der Waals surface area contributed by atoms with Crippen molar-refractivity contribution >= 4 is 0 Å². The largest absolute Gasteiger partial charge is 0.0591 e. The summed E-state index contributed by atoms with van der Waals surface area (Å²) in [5.74, 6) is 0.954. The Hall–Kier alpha value is -0.780. The fourth-order valence-corrected chi connectivity index (χ4v) is 2.63. The van der Waals surface area contributed by atoms with Gasteiger partial charge in [0.2, 0.25) is 0 Å². The van der Waals surface area contributed by atoms with Gasteiger partial charge in [0.15, 0.2) is 0 Å². The Labute approximate surface area is 93.7 Å². The Morgan fingerprint density at radius 1 is 0.933 bits per heavy atom. The van der Waals surface area contributed by atoms with Crippen LogP contribution in [0.4, 0.5) is 0 Å². The van der Waals surface area contributed by atoms with Gasteiger partial charge in [0.25, 0.3) is 0 Å². The van der Waals surface area contributed by atoms with Crippen LogP contribution in [0.25, 0.3) is 0 Å². The molecule has 0 spiro atoms. The first-order chi connectivity index (χ1) is 7.34. The standard InChI is InChI=1S/C15H22/c1-13-8-10-15(11-9-13)12-14-6-4-2-3-5-7-14/h8-11,14H,2-7,12H2,1H3. The van der Waals surface area contributed by atoms with Gasteiger partial charge in [0.05, 0.1) is 0 Å². The van der Waals surface area contributed by atoms with Gasteiger partial charge < -0.3 is 0 Å². The van der Waals surface area contributed by atoms with Crippen LogP contribution in [0.2, 0.25) is 0 Å². The van der Waals surface area contributed by atoms with E-state index in [2.05, 4.69) is 31.2 Å². The second-order valence-electron chi connectivity index (χ2n) is 5.05. The van der Waals surface area contributed by atoms with Crippen LogP contribution in [0.1, 0.15) is 49.7 Å². The van der Waals surface area contributed by atoms with Gasteiger partial charge in [-0.1, -0.05) is 68.4 Å². The first kappa shape index (κ1) is 10.7. The SMILES string of the molecule is Cc1ccc(CC2CCCCCC2)cc1. The minimum Gasteiger partial charge on any atom is -0.0591 e. The number of rotatable bonds is 2. The summed E-state index contributed by atoms with van der Waals surface area (Å²) in [4.78, 5) is 0. The molecule has 0 nitrogen and oxygen atoms in total. The number of aryl methyl sites for hydroxylation is 1. The Kier molecular flexibility index (Phi) is 3.82. The molecule has 1 saturated carbocycles. The van der Waals surface area contributed by atoms with E-state index in [0.717, 1.165) is 5.92 Å². The number of benzene rings is 1. The van der Waals surface area contributed by atoms with Crippen LogP contribution >= 0.6 is 0 Å². The molecule has 1 aliphatic carbocycles. The summed E-state index contributed by atoms with van der Waals surface area (Å²) in [6.45, 7) is 2.16. The van der Waals surface area contributed by atoms with Crippen molar-refractivity contribution in [2.45, 2.75) is 51.9 Å². The fraction of sp³-hybridized carbons (Fsp3) is 0.600. The molecular formula is C15H22. The van der Waals surface area contributed by atoms with Crippen molar-refractivity contribution in [3.63, 3.8) is 0 Å². The summed E-state index contributed by atoms with van der Waals surface area (Å²) in [5, 5.41) is 0. The molecule has 1 aromatic rings. The van der Waals surface area contributed by atoms with E-state index in [1.165, 1.54) is 56.1 Å². The zero-order valence-corrected chi connectivity index (χ0v) is 9.84. The molecule has 2 rings (SSSR count). The highest BCUT2D eigenvalue weighted by Crippen LogP contribution is 2.25. The van der Waals surface area contributed by atoms with Gasteiger partial charge in [-0.25, -0.2) is 0 Å². The fourth-order valence-electron chi connectivity index (χ4n) is 2.63. The van der Waals surface area contributed by atoms with Gasteiger partial charge in [-0.3, -0.25) is 0 Å². The third-order valence-corrected chi connectivity index (χ3v) is 3.62. The van der Waals surface area contributed by atoms with Crippen LogP contribution in [0.3, 0.4) is 0 Å². The monoisotopic (exact) mass is 202 g/mol. The van der Waals surface area contributed by atoms with Gasteiger partial charge in [-0.2, -0.15) is 0 Å². The minimum atomic E-state index is 0.954. The van der Waals surface area contributed by atoms with Gasteiger partial charge in [0, 0.05) is 0 Å². The Morgan fingerprint density at radius 3 is 2.13 bits per heavy atom. The summed E-state index contributed by atoms with van der Waals surface area (Å²) in [7, 11) is 0. The Morgan fingerprint density at radius 2 is 1.53 bits per heavy atom. The molecular weight excluding hydrogens is 180 g/mol. The van der Waals surface area contributed by atoms with Gasteiger partial charge in [0.1, 0.15) is 0 Å². The molecule has 1 fully saturated rings. The molecule has 0 N–H and O–H groups in total. The van der Waals surface area contributed by atoms with Crippen molar-refractivity contribution in [2.24, 2.45) is 5.92 Å². The normalized spacial score (nSPS) is 18.7. The molecule has 0 unspecified atom stereocenters. The second kappa shape index (κ2) is 5.34. The lowest BCUT2D eigenvalue weighted by molar-refractivity contribution is 0.458. The molecule has 0 heteroatoms. The van der Waals surface area contributed by atoms with E-state index in [1.807, 2.05) is 0 Å². The van der Waals surface area contributed by atoms with Crippen LogP contribution < -0.4 is 0 Å². The molecule has 1 aromatic carbocycles. The van der Waals surface area contributed by atoms with E-state index in [-0.39, 0.29) is 0 Å². The number of hydrogen-bond donors (Lipinski definition) is 0. The maximum Gasteiger partial charge on any atom is -0.0250 e. The van der Waals surface area contributed by atoms with Gasteiger partial charge in [-0.15, -0.1) is 0 Å². The topological polar surface area (TPSA) is 0 Å². The maximum atomic E-state index is 2.31. The first-order valence-corrected chi connectivity index (χ1v) is 6.40. The Bertz CT molecular complexity index is 275. The van der Waals surface area contributed by atoms with E-state index in [1.54, 1.807) is 0 Å². The van der Waals surface area contributed by atoms with Crippen molar-refractivity contribution in [1.82, 2.24) is 0 Å². The van der Waals surface area contributed by atoms with Crippen LogP contribution in [0, 0.1) is 12.8 Å². The lowest BCUT2D eigenvalue weighted by Crippen LogP contribution is -2.02. The lowest BCUT2D eigenvalue weighted by Gasteiger charge is -2.13. The summed E-state index contributed by atoms with van der Waals surface area (Å²) in [6, 6.07) is 9.10. The summed E-state index contributed by atoms with van der Waals surface area (Å²) in [6.07, 6.45) is 10.0. The van der Waals surface area contributed by atoms with Crippen LogP contribution in [-0.2, 0) is 6.42 Å². The zero-order chi connectivity index (χ0) is 10.5. The third kappa shape index (κ3) is 3.37. The molecule has 0 heterocycles. The van der Waals surface area contributed by atoms with Crippen LogP contribution in [0.5, 0.6) is 0 Å². The average Bonchev–Trinajstić information content (AvgIpc) is 2.50. The Balaban J connectivity index is 1.92. The zero-order valence-electron chi connectivity index (χ0n) is 9.84. The van der Waals surface area contributed by atoms with E-state index >= 15 is 0 Å². The lowest BCUT2D eigenvalue weighted by atomic mass is 9.92. The van der Waals surface area contributed by atoms with E-state index < -0.39 is 0 Å². The van der Waals surface area contributed by atoms with Gasteiger partial charge >= 0.3 is 0 Å². The molecule has 0 bridgehead atoms. The highest BCUT2D eigenvalue weighted by Gasteiger charge is 2.12. The molecule has 0 saturated heterocycles. The highest BCUT2D eigenvalue weighted by molar-refractivity contribution is 5.21. The average molecular weight is 202 g/mol. The smallest absolute Gasteiger partial charge is 0.0250 e. The molecule has 1 aliphatic rings. The molecule has 0 aromatic heterocycles. The predicted molar refractivity (Wildman–Crippen MR) is 66.1 cm³/mol. The van der Waals surface area contributed by atoms with Gasteiger partial charge in [-0.05, 0) is 24.8 Å². The summed E-state index contributed by atoms with van der Waals surface area (Å²) < 4.78 is 0.